The van der Waals surface area contributed by atoms with Gasteiger partial charge in [-0.1, -0.05) is 6.92 Å². The molecular weight excluding hydrogens is 266 g/mol. The highest BCUT2D eigenvalue weighted by molar-refractivity contribution is 5.79. The number of hydrogen-bond donors (Lipinski definition) is 1. The molecule has 0 amide bonds. The Balaban J connectivity index is 2.16. The van der Waals surface area contributed by atoms with Crippen LogP contribution in [-0.2, 0) is 0 Å². The molecule has 0 spiro atoms. The van der Waals surface area contributed by atoms with E-state index >= 15 is 0 Å². The van der Waals surface area contributed by atoms with E-state index in [4.69, 9.17) is 10.5 Å². The predicted molar refractivity (Wildman–Crippen MR) is 85.1 cm³/mol. The van der Waals surface area contributed by atoms with E-state index in [1.54, 1.807) is 12.3 Å². The quantitative estimate of drug-likeness (QED) is 0.858. The van der Waals surface area contributed by atoms with Crippen LogP contribution in [0, 0.1) is 6.92 Å². The van der Waals surface area contributed by atoms with Crippen LogP contribution < -0.4 is 16.0 Å². The first kappa shape index (κ1) is 14.8. The van der Waals surface area contributed by atoms with Crippen LogP contribution in [0.1, 0.15) is 24.5 Å². The van der Waals surface area contributed by atoms with Crippen LogP contribution >= 0.6 is 0 Å². The van der Waals surface area contributed by atoms with Crippen molar-refractivity contribution in [3.05, 3.63) is 57.9 Å². The normalized spacial score (nSPS) is 11.0. The van der Waals surface area contributed by atoms with Gasteiger partial charge in [0.15, 0.2) is 0 Å². The van der Waals surface area contributed by atoms with Crippen molar-refractivity contribution in [3.63, 3.8) is 0 Å². The Bertz CT molecular complexity index is 688. The van der Waals surface area contributed by atoms with Crippen LogP contribution in [0.3, 0.4) is 0 Å². The van der Waals surface area contributed by atoms with Crippen LogP contribution in [0.15, 0.2) is 46.3 Å². The van der Waals surface area contributed by atoms with Crippen LogP contribution in [0.5, 0.6) is 5.75 Å². The lowest BCUT2D eigenvalue weighted by atomic mass is 10.2. The van der Waals surface area contributed by atoms with E-state index in [1.165, 1.54) is 10.7 Å². The molecule has 110 valence electrons. The number of rotatable bonds is 5. The molecule has 0 aliphatic heterocycles. The molecule has 1 heterocycles. The third-order valence-electron chi connectivity index (χ3n) is 2.86. The van der Waals surface area contributed by atoms with Gasteiger partial charge in [0, 0.05) is 6.07 Å². The molecule has 0 unspecified atom stereocenters. The maximum atomic E-state index is 11.8. The van der Waals surface area contributed by atoms with Gasteiger partial charge in [-0.15, -0.1) is 0 Å². The molecule has 0 atom stereocenters. The third kappa shape index (κ3) is 3.95. The van der Waals surface area contributed by atoms with Gasteiger partial charge >= 0.3 is 0 Å². The second-order valence-corrected chi connectivity index (χ2v) is 4.77. The summed E-state index contributed by atoms with van der Waals surface area (Å²) in [5, 5.41) is 4.12. The molecule has 1 aromatic heterocycles. The molecule has 2 aromatic rings. The largest absolute Gasteiger partial charge is 0.494 e. The van der Waals surface area contributed by atoms with Gasteiger partial charge < -0.3 is 10.5 Å². The molecule has 0 bridgehead atoms. The number of nitrogen functional groups attached to an aromatic ring is 1. The third-order valence-corrected chi connectivity index (χ3v) is 2.86. The van der Waals surface area contributed by atoms with Crippen molar-refractivity contribution in [1.29, 1.82) is 0 Å². The van der Waals surface area contributed by atoms with Gasteiger partial charge in [0.2, 0.25) is 0 Å². The summed E-state index contributed by atoms with van der Waals surface area (Å²) < 4.78 is 6.68. The maximum absolute atomic E-state index is 11.8. The SMILES string of the molecule is CCCOc1ccc(/C=N\n2c(N)cc(C)cc2=O)cc1. The molecule has 1 aromatic carbocycles. The van der Waals surface area contributed by atoms with E-state index in [0.29, 0.717) is 12.4 Å². The lowest BCUT2D eigenvalue weighted by Crippen LogP contribution is -2.19. The highest BCUT2D eigenvalue weighted by Crippen LogP contribution is 2.11. The summed E-state index contributed by atoms with van der Waals surface area (Å²) in [4.78, 5) is 11.8. The summed E-state index contributed by atoms with van der Waals surface area (Å²) in [6, 6.07) is 10.7. The first-order valence-corrected chi connectivity index (χ1v) is 6.86. The van der Waals surface area contributed by atoms with E-state index in [9.17, 15) is 4.79 Å². The Morgan fingerprint density at radius 3 is 2.62 bits per heavy atom. The zero-order valence-electron chi connectivity index (χ0n) is 12.2. The van der Waals surface area contributed by atoms with E-state index < -0.39 is 0 Å². The van der Waals surface area contributed by atoms with Gasteiger partial charge in [-0.05, 0) is 54.8 Å². The van der Waals surface area contributed by atoms with Crippen molar-refractivity contribution in [2.24, 2.45) is 5.10 Å². The Morgan fingerprint density at radius 1 is 1.29 bits per heavy atom. The number of ether oxygens (including phenoxy) is 1. The van der Waals surface area contributed by atoms with Gasteiger partial charge in [-0.3, -0.25) is 4.79 Å². The maximum Gasteiger partial charge on any atom is 0.273 e. The molecular formula is C16H19N3O2. The van der Waals surface area contributed by atoms with Crippen LogP contribution in [0.25, 0.3) is 0 Å². The Morgan fingerprint density at radius 2 is 2.00 bits per heavy atom. The van der Waals surface area contributed by atoms with Crippen molar-refractivity contribution < 1.29 is 4.74 Å². The first-order chi connectivity index (χ1) is 10.1. The zero-order valence-corrected chi connectivity index (χ0v) is 12.2. The molecule has 21 heavy (non-hydrogen) atoms. The van der Waals surface area contributed by atoms with Crippen molar-refractivity contribution in [2.75, 3.05) is 12.3 Å². The number of benzene rings is 1. The highest BCUT2D eigenvalue weighted by atomic mass is 16.5. The summed E-state index contributed by atoms with van der Waals surface area (Å²) in [7, 11) is 0. The summed E-state index contributed by atoms with van der Waals surface area (Å²) >= 11 is 0. The standard InChI is InChI=1S/C16H19N3O2/c1-3-8-21-14-6-4-13(5-7-14)11-18-19-15(17)9-12(2)10-16(19)20/h4-7,9-11H,3,8,17H2,1-2H3/b18-11-. The molecule has 2 rings (SSSR count). The fourth-order valence-electron chi connectivity index (χ4n) is 1.84. The smallest absolute Gasteiger partial charge is 0.273 e. The molecule has 2 N–H and O–H groups in total. The van der Waals surface area contributed by atoms with Crippen molar-refractivity contribution in [2.45, 2.75) is 20.3 Å². The lowest BCUT2D eigenvalue weighted by molar-refractivity contribution is 0.317. The van der Waals surface area contributed by atoms with E-state index in [1.807, 2.05) is 31.2 Å². The molecule has 5 heteroatoms. The minimum atomic E-state index is -0.244. The molecule has 0 radical (unpaired) electrons. The predicted octanol–water partition coefficient (Wildman–Crippen LogP) is 2.41. The number of nitrogens with two attached hydrogens (primary N) is 1. The minimum Gasteiger partial charge on any atom is -0.494 e. The molecule has 0 aliphatic carbocycles. The average molecular weight is 285 g/mol. The fourth-order valence-corrected chi connectivity index (χ4v) is 1.84. The lowest BCUT2D eigenvalue weighted by Gasteiger charge is -2.05. The summed E-state index contributed by atoms with van der Waals surface area (Å²) in [6.07, 6.45) is 2.57. The number of anilines is 1. The summed E-state index contributed by atoms with van der Waals surface area (Å²) in [6.45, 7) is 4.58. The van der Waals surface area contributed by atoms with Crippen molar-refractivity contribution >= 4 is 12.0 Å². The second kappa shape index (κ2) is 6.74. The van der Waals surface area contributed by atoms with Gasteiger partial charge in [0.25, 0.3) is 5.56 Å². The van der Waals surface area contributed by atoms with Crippen molar-refractivity contribution in [1.82, 2.24) is 4.68 Å². The fraction of sp³-hybridized carbons (Fsp3) is 0.250. The number of pyridine rings is 1. The van der Waals surface area contributed by atoms with Crippen LogP contribution in [0.4, 0.5) is 5.82 Å². The molecule has 0 saturated carbocycles. The van der Waals surface area contributed by atoms with Crippen LogP contribution in [0.2, 0.25) is 0 Å². The molecule has 0 saturated heterocycles. The number of hydrogen-bond acceptors (Lipinski definition) is 4. The summed E-state index contributed by atoms with van der Waals surface area (Å²) in [5.74, 6) is 1.14. The molecule has 0 fully saturated rings. The highest BCUT2D eigenvalue weighted by Gasteiger charge is 2.00. The Kier molecular flexibility index (Phi) is 4.77. The van der Waals surface area contributed by atoms with Gasteiger partial charge in [-0.2, -0.15) is 9.78 Å². The number of nitrogens with zero attached hydrogens (tertiary/aromatic N) is 2. The topological polar surface area (TPSA) is 69.6 Å². The minimum absolute atomic E-state index is 0.244. The van der Waals surface area contributed by atoms with E-state index in [-0.39, 0.29) is 5.56 Å². The molecule has 0 aliphatic rings. The summed E-state index contributed by atoms with van der Waals surface area (Å²) in [5.41, 5.74) is 7.24. The molecule has 5 nitrogen and oxygen atoms in total. The van der Waals surface area contributed by atoms with Gasteiger partial charge in [0.1, 0.15) is 11.6 Å². The van der Waals surface area contributed by atoms with Crippen LogP contribution in [-0.4, -0.2) is 17.5 Å². The monoisotopic (exact) mass is 285 g/mol. The number of aryl methyl sites for hydroxylation is 1. The zero-order chi connectivity index (χ0) is 15.2. The van der Waals surface area contributed by atoms with E-state index in [2.05, 4.69) is 12.0 Å². The first-order valence-electron chi connectivity index (χ1n) is 6.86. The van der Waals surface area contributed by atoms with E-state index in [0.717, 1.165) is 23.3 Å². The van der Waals surface area contributed by atoms with Gasteiger partial charge in [0.05, 0.1) is 12.8 Å². The number of aromatic nitrogens is 1. The Hall–Kier alpha value is -2.56. The van der Waals surface area contributed by atoms with Crippen molar-refractivity contribution in [3.8, 4) is 5.75 Å². The second-order valence-electron chi connectivity index (χ2n) is 4.77. The average Bonchev–Trinajstić information content (AvgIpc) is 2.45. The Labute approximate surface area is 123 Å². The van der Waals surface area contributed by atoms with Gasteiger partial charge in [-0.25, -0.2) is 0 Å².